The number of nitrogens with two attached hydrogens (primary N) is 1. The number of aliphatic carboxylic acids is 1. The molecule has 1 rings (SSSR count). The summed E-state index contributed by atoms with van der Waals surface area (Å²) in [5.74, 6) is -0.991. The Balaban J connectivity index is 2.52. The van der Waals surface area contributed by atoms with E-state index in [-0.39, 0.29) is 0 Å². The Morgan fingerprint density at radius 2 is 2.38 bits per heavy atom. The Labute approximate surface area is 76.3 Å². The number of carboxylic acid groups (broad SMARTS) is 1. The van der Waals surface area contributed by atoms with Crippen LogP contribution in [0.2, 0.25) is 0 Å². The molecule has 0 fully saturated rings. The number of carbonyl (C=O) groups is 1. The van der Waals surface area contributed by atoms with E-state index in [9.17, 15) is 4.79 Å². The molecule has 13 heavy (non-hydrogen) atoms. The van der Waals surface area contributed by atoms with Crippen LogP contribution in [0.25, 0.3) is 0 Å². The molecule has 4 heteroatoms. The quantitative estimate of drug-likeness (QED) is 0.597. The van der Waals surface area contributed by atoms with Gasteiger partial charge in [0.2, 0.25) is 0 Å². The Hall–Kier alpha value is -1.42. The lowest BCUT2D eigenvalue weighted by atomic mass is 10.00. The van der Waals surface area contributed by atoms with E-state index in [1.54, 1.807) is 12.2 Å². The number of hydrogen-bond acceptors (Lipinski definition) is 3. The van der Waals surface area contributed by atoms with Crippen molar-refractivity contribution in [2.24, 2.45) is 5.73 Å². The molecular formula is C9H12N2O2. The molecule has 0 aromatic carbocycles. The molecule has 4 nitrogen and oxygen atoms in total. The van der Waals surface area contributed by atoms with E-state index in [1.807, 2.05) is 6.08 Å². The molecule has 0 saturated carbocycles. The number of carboxylic acids is 1. The minimum Gasteiger partial charge on any atom is -0.480 e. The van der Waals surface area contributed by atoms with Crippen LogP contribution in [0.1, 0.15) is 12.8 Å². The molecule has 0 radical (unpaired) electrons. The van der Waals surface area contributed by atoms with Gasteiger partial charge in [0.25, 0.3) is 0 Å². The third kappa shape index (κ3) is 2.83. The van der Waals surface area contributed by atoms with Crippen LogP contribution < -0.4 is 5.73 Å². The van der Waals surface area contributed by atoms with E-state index >= 15 is 0 Å². The summed E-state index contributed by atoms with van der Waals surface area (Å²) >= 11 is 0. The zero-order valence-corrected chi connectivity index (χ0v) is 7.16. The van der Waals surface area contributed by atoms with Crippen LogP contribution in [-0.4, -0.2) is 22.8 Å². The molecule has 1 atom stereocenters. The SMILES string of the molecule is N=C1C=CC(C[C@H](N)C(=O)O)=CC1. The van der Waals surface area contributed by atoms with Gasteiger partial charge in [-0.15, -0.1) is 0 Å². The number of hydrogen-bond donors (Lipinski definition) is 3. The fourth-order valence-electron chi connectivity index (χ4n) is 1.08. The predicted octanol–water partition coefficient (Wildman–Crippen LogP) is 0.694. The molecule has 0 aromatic heterocycles. The average molecular weight is 180 g/mol. The van der Waals surface area contributed by atoms with Gasteiger partial charge in [0.05, 0.1) is 0 Å². The van der Waals surface area contributed by atoms with E-state index in [2.05, 4.69) is 0 Å². The first-order chi connectivity index (χ1) is 6.09. The smallest absolute Gasteiger partial charge is 0.320 e. The van der Waals surface area contributed by atoms with Gasteiger partial charge in [-0.25, -0.2) is 0 Å². The van der Waals surface area contributed by atoms with Crippen molar-refractivity contribution in [3.8, 4) is 0 Å². The van der Waals surface area contributed by atoms with Crippen molar-refractivity contribution in [2.45, 2.75) is 18.9 Å². The summed E-state index contributed by atoms with van der Waals surface area (Å²) in [4.78, 5) is 10.4. The highest BCUT2D eigenvalue weighted by atomic mass is 16.4. The fraction of sp³-hybridized carbons (Fsp3) is 0.333. The molecule has 0 aliphatic heterocycles. The van der Waals surface area contributed by atoms with Gasteiger partial charge in [-0.1, -0.05) is 12.2 Å². The molecule has 0 amide bonds. The minimum absolute atomic E-state index is 0.332. The Morgan fingerprint density at radius 1 is 1.69 bits per heavy atom. The molecule has 1 aliphatic rings. The molecule has 4 N–H and O–H groups in total. The van der Waals surface area contributed by atoms with Crippen molar-refractivity contribution in [1.82, 2.24) is 0 Å². The summed E-state index contributed by atoms with van der Waals surface area (Å²) in [5.41, 5.74) is 6.78. The lowest BCUT2D eigenvalue weighted by molar-refractivity contribution is -0.138. The van der Waals surface area contributed by atoms with Crippen molar-refractivity contribution >= 4 is 11.7 Å². The zero-order valence-electron chi connectivity index (χ0n) is 7.16. The summed E-state index contributed by atoms with van der Waals surface area (Å²) < 4.78 is 0. The van der Waals surface area contributed by atoms with Crippen molar-refractivity contribution in [3.05, 3.63) is 23.8 Å². The highest BCUT2D eigenvalue weighted by Crippen LogP contribution is 2.12. The maximum Gasteiger partial charge on any atom is 0.320 e. The van der Waals surface area contributed by atoms with Crippen LogP contribution in [0.3, 0.4) is 0 Å². The Kier molecular flexibility index (Phi) is 2.97. The van der Waals surface area contributed by atoms with Crippen molar-refractivity contribution < 1.29 is 9.90 Å². The van der Waals surface area contributed by atoms with Crippen molar-refractivity contribution in [2.75, 3.05) is 0 Å². The monoisotopic (exact) mass is 180 g/mol. The molecule has 0 bridgehead atoms. The van der Waals surface area contributed by atoms with E-state index < -0.39 is 12.0 Å². The zero-order chi connectivity index (χ0) is 9.84. The van der Waals surface area contributed by atoms with Gasteiger partial charge in [-0.05, 0) is 18.1 Å². The number of allylic oxidation sites excluding steroid dienone is 3. The lowest BCUT2D eigenvalue weighted by Crippen LogP contribution is -2.30. The van der Waals surface area contributed by atoms with Gasteiger partial charge in [-0.3, -0.25) is 4.79 Å². The molecule has 0 aromatic rings. The van der Waals surface area contributed by atoms with Crippen molar-refractivity contribution in [1.29, 1.82) is 5.41 Å². The molecule has 0 spiro atoms. The Bertz CT molecular complexity index is 292. The van der Waals surface area contributed by atoms with Gasteiger partial charge in [0, 0.05) is 12.1 Å². The van der Waals surface area contributed by atoms with Crippen LogP contribution in [0.5, 0.6) is 0 Å². The molecule has 1 aliphatic carbocycles. The normalized spacial score (nSPS) is 18.2. The molecule has 0 unspecified atom stereocenters. The van der Waals surface area contributed by atoms with Gasteiger partial charge in [-0.2, -0.15) is 0 Å². The second-order valence-electron chi connectivity index (χ2n) is 2.99. The van der Waals surface area contributed by atoms with E-state index in [0.717, 1.165) is 5.57 Å². The maximum atomic E-state index is 10.4. The number of rotatable bonds is 3. The van der Waals surface area contributed by atoms with Crippen LogP contribution in [-0.2, 0) is 4.79 Å². The first-order valence-corrected chi connectivity index (χ1v) is 4.02. The van der Waals surface area contributed by atoms with Crippen LogP contribution in [0.4, 0.5) is 0 Å². The highest BCUT2D eigenvalue weighted by Gasteiger charge is 2.13. The van der Waals surface area contributed by atoms with Gasteiger partial charge in [0.1, 0.15) is 6.04 Å². The van der Waals surface area contributed by atoms with Crippen LogP contribution in [0.15, 0.2) is 23.8 Å². The summed E-state index contributed by atoms with van der Waals surface area (Å²) in [7, 11) is 0. The summed E-state index contributed by atoms with van der Waals surface area (Å²) in [6.07, 6.45) is 6.15. The maximum absolute atomic E-state index is 10.4. The standard InChI is InChI=1S/C9H12N2O2/c10-7-3-1-6(2-4-7)5-8(11)9(12)13/h1-3,8,10H,4-5,11H2,(H,12,13)/t8-/m0/s1. The Morgan fingerprint density at radius 3 is 2.85 bits per heavy atom. The van der Waals surface area contributed by atoms with E-state index in [0.29, 0.717) is 18.6 Å². The second kappa shape index (κ2) is 4.00. The second-order valence-corrected chi connectivity index (χ2v) is 2.99. The van der Waals surface area contributed by atoms with Crippen LogP contribution >= 0.6 is 0 Å². The van der Waals surface area contributed by atoms with Gasteiger partial charge >= 0.3 is 5.97 Å². The average Bonchev–Trinajstić information content (AvgIpc) is 2.08. The molecular weight excluding hydrogens is 168 g/mol. The molecule has 0 saturated heterocycles. The van der Waals surface area contributed by atoms with Gasteiger partial charge in [0.15, 0.2) is 0 Å². The highest BCUT2D eigenvalue weighted by molar-refractivity contribution is 5.95. The topological polar surface area (TPSA) is 87.2 Å². The summed E-state index contributed by atoms with van der Waals surface area (Å²) in [6.45, 7) is 0. The predicted molar refractivity (Wildman–Crippen MR) is 49.8 cm³/mol. The first-order valence-electron chi connectivity index (χ1n) is 4.02. The molecule has 0 heterocycles. The summed E-state index contributed by atoms with van der Waals surface area (Å²) in [6, 6.07) is -0.844. The van der Waals surface area contributed by atoms with Crippen LogP contribution in [0, 0.1) is 5.41 Å². The number of nitrogens with one attached hydrogen (secondary N) is 1. The third-order valence-electron chi connectivity index (χ3n) is 1.86. The van der Waals surface area contributed by atoms with Crippen molar-refractivity contribution in [3.63, 3.8) is 0 Å². The molecule has 70 valence electrons. The van der Waals surface area contributed by atoms with E-state index in [4.69, 9.17) is 16.2 Å². The largest absolute Gasteiger partial charge is 0.480 e. The van der Waals surface area contributed by atoms with Gasteiger partial charge < -0.3 is 16.2 Å². The summed E-state index contributed by atoms with van der Waals surface area (Å²) in [5, 5.41) is 15.8. The van der Waals surface area contributed by atoms with E-state index in [1.165, 1.54) is 0 Å². The first kappa shape index (κ1) is 9.67. The minimum atomic E-state index is -0.991. The fourth-order valence-corrected chi connectivity index (χ4v) is 1.08. The lowest BCUT2D eigenvalue weighted by Gasteiger charge is -2.10. The third-order valence-corrected chi connectivity index (χ3v) is 1.86.